The summed E-state index contributed by atoms with van der Waals surface area (Å²) in [5, 5.41) is 5.48. The van der Waals surface area contributed by atoms with E-state index in [9.17, 15) is 14.4 Å². The molecule has 0 saturated heterocycles. The third kappa shape index (κ3) is 5.19. The van der Waals surface area contributed by atoms with Gasteiger partial charge in [0, 0.05) is 11.6 Å². The second-order valence-electron chi connectivity index (χ2n) is 7.77. The molecule has 1 aliphatic carbocycles. The lowest BCUT2D eigenvalue weighted by Crippen LogP contribution is -2.48. The van der Waals surface area contributed by atoms with Gasteiger partial charge in [-0.25, -0.2) is 0 Å². The van der Waals surface area contributed by atoms with Crippen LogP contribution in [0.5, 0.6) is 11.5 Å². The summed E-state index contributed by atoms with van der Waals surface area (Å²) in [6, 6.07) is 4.86. The minimum atomic E-state index is -0.922. The van der Waals surface area contributed by atoms with Crippen LogP contribution in [-0.2, 0) is 14.3 Å². The molecule has 2 N–H and O–H groups in total. The van der Waals surface area contributed by atoms with Crippen molar-refractivity contribution in [1.82, 2.24) is 10.6 Å². The summed E-state index contributed by atoms with van der Waals surface area (Å²) in [5.41, 5.74) is 0.341. The number of amides is 2. The van der Waals surface area contributed by atoms with Crippen molar-refractivity contribution in [2.45, 2.75) is 52.2 Å². The molecule has 0 spiro atoms. The van der Waals surface area contributed by atoms with Crippen LogP contribution in [0.3, 0.4) is 0 Å². The maximum atomic E-state index is 12.4. The number of ether oxygens (including phenoxy) is 3. The number of carbonyl (C=O) groups is 3. The van der Waals surface area contributed by atoms with E-state index < -0.39 is 18.0 Å². The highest BCUT2D eigenvalue weighted by atomic mass is 16.7. The third-order valence-corrected chi connectivity index (χ3v) is 5.74. The maximum Gasteiger partial charge on any atom is 0.326 e. The van der Waals surface area contributed by atoms with Crippen molar-refractivity contribution in [3.63, 3.8) is 0 Å². The number of hydrogen-bond acceptors (Lipinski definition) is 6. The minimum absolute atomic E-state index is 0.0955. The lowest BCUT2D eigenvalue weighted by Gasteiger charge is -2.35. The number of esters is 1. The van der Waals surface area contributed by atoms with Gasteiger partial charge in [-0.2, -0.15) is 0 Å². The molecule has 8 nitrogen and oxygen atoms in total. The van der Waals surface area contributed by atoms with Crippen molar-refractivity contribution in [3.8, 4) is 11.5 Å². The summed E-state index contributed by atoms with van der Waals surface area (Å²) >= 11 is 0. The summed E-state index contributed by atoms with van der Waals surface area (Å²) < 4.78 is 15.6. The van der Waals surface area contributed by atoms with Gasteiger partial charge >= 0.3 is 5.97 Å². The Kier molecular flexibility index (Phi) is 6.61. The highest BCUT2D eigenvalue weighted by Crippen LogP contribution is 2.32. The van der Waals surface area contributed by atoms with Crippen LogP contribution in [-0.4, -0.2) is 43.3 Å². The molecular formula is C21H28N2O6. The first-order valence-corrected chi connectivity index (χ1v) is 10.0. The van der Waals surface area contributed by atoms with Gasteiger partial charge in [0.1, 0.15) is 6.54 Å². The molecule has 2 aliphatic rings. The Morgan fingerprint density at radius 2 is 1.93 bits per heavy atom. The van der Waals surface area contributed by atoms with Crippen molar-refractivity contribution in [3.05, 3.63) is 23.8 Å². The highest BCUT2D eigenvalue weighted by Gasteiger charge is 2.30. The molecule has 0 bridgehead atoms. The number of carbonyl (C=O) groups excluding carboxylic acids is 3. The SMILES string of the molecule is C[C@@H]1[C@H](C)CCC[C@H]1NC(=O)[C@@H](C)OC(=O)CNC(=O)c1ccc2c(c1)OCO2. The van der Waals surface area contributed by atoms with Crippen LogP contribution < -0.4 is 20.1 Å². The smallest absolute Gasteiger partial charge is 0.326 e. The lowest BCUT2D eigenvalue weighted by molar-refractivity contribution is -0.154. The van der Waals surface area contributed by atoms with E-state index >= 15 is 0 Å². The summed E-state index contributed by atoms with van der Waals surface area (Å²) in [6.07, 6.45) is 2.26. The zero-order valence-electron chi connectivity index (χ0n) is 17.0. The zero-order chi connectivity index (χ0) is 21.0. The Labute approximate surface area is 170 Å². The van der Waals surface area contributed by atoms with Crippen molar-refractivity contribution in [2.75, 3.05) is 13.3 Å². The van der Waals surface area contributed by atoms with Crippen molar-refractivity contribution in [1.29, 1.82) is 0 Å². The fourth-order valence-electron chi connectivity index (χ4n) is 3.67. The monoisotopic (exact) mass is 404 g/mol. The van der Waals surface area contributed by atoms with Gasteiger partial charge in [0.2, 0.25) is 6.79 Å². The standard InChI is InChI=1S/C21H28N2O6/c1-12-5-4-6-16(13(12)2)23-20(25)14(3)29-19(24)10-22-21(26)15-7-8-17-18(9-15)28-11-27-17/h7-9,12-14,16H,4-6,10-11H2,1-3H3,(H,22,26)(H,23,25)/t12-,13-,14-,16-/m1/s1. The Bertz CT molecular complexity index is 780. The summed E-state index contributed by atoms with van der Waals surface area (Å²) in [4.78, 5) is 36.6. The molecule has 4 atom stereocenters. The van der Waals surface area contributed by atoms with Crippen molar-refractivity contribution < 1.29 is 28.6 Å². The van der Waals surface area contributed by atoms with Gasteiger partial charge in [-0.3, -0.25) is 14.4 Å². The van der Waals surface area contributed by atoms with Gasteiger partial charge in [-0.15, -0.1) is 0 Å². The van der Waals surface area contributed by atoms with E-state index in [1.807, 2.05) is 0 Å². The van der Waals surface area contributed by atoms with Crippen LogP contribution in [0.1, 0.15) is 50.4 Å². The van der Waals surface area contributed by atoms with E-state index in [4.69, 9.17) is 14.2 Å². The lowest BCUT2D eigenvalue weighted by atomic mass is 9.78. The molecule has 1 aromatic carbocycles. The predicted octanol–water partition coefficient (Wildman–Crippen LogP) is 2.02. The Morgan fingerprint density at radius 3 is 2.72 bits per heavy atom. The van der Waals surface area contributed by atoms with E-state index in [0.29, 0.717) is 28.9 Å². The minimum Gasteiger partial charge on any atom is -0.454 e. The Morgan fingerprint density at radius 1 is 1.17 bits per heavy atom. The predicted molar refractivity (Wildman–Crippen MR) is 105 cm³/mol. The van der Waals surface area contributed by atoms with Crippen molar-refractivity contribution >= 4 is 17.8 Å². The van der Waals surface area contributed by atoms with Crippen LogP contribution in [0.4, 0.5) is 0 Å². The van der Waals surface area contributed by atoms with E-state index in [1.165, 1.54) is 13.3 Å². The molecule has 1 heterocycles. The molecule has 1 aliphatic heterocycles. The molecule has 0 aromatic heterocycles. The number of hydrogen-bond donors (Lipinski definition) is 2. The van der Waals surface area contributed by atoms with Gasteiger partial charge in [0.25, 0.3) is 11.8 Å². The molecule has 3 rings (SSSR count). The first-order valence-electron chi connectivity index (χ1n) is 10.0. The molecular weight excluding hydrogens is 376 g/mol. The third-order valence-electron chi connectivity index (χ3n) is 5.74. The van der Waals surface area contributed by atoms with Gasteiger partial charge in [-0.1, -0.05) is 26.7 Å². The summed E-state index contributed by atoms with van der Waals surface area (Å²) in [5.74, 6) is 0.565. The van der Waals surface area contributed by atoms with Crippen LogP contribution in [0.2, 0.25) is 0 Å². The molecule has 1 aromatic rings. The summed E-state index contributed by atoms with van der Waals surface area (Å²) in [7, 11) is 0. The number of nitrogens with one attached hydrogen (secondary N) is 2. The van der Waals surface area contributed by atoms with Crippen LogP contribution in [0.15, 0.2) is 18.2 Å². The topological polar surface area (TPSA) is 103 Å². The molecule has 1 saturated carbocycles. The molecule has 0 unspecified atom stereocenters. The van der Waals surface area contributed by atoms with Crippen LogP contribution >= 0.6 is 0 Å². The van der Waals surface area contributed by atoms with E-state index in [2.05, 4.69) is 24.5 Å². The van der Waals surface area contributed by atoms with Crippen LogP contribution in [0.25, 0.3) is 0 Å². The number of rotatable bonds is 6. The van der Waals surface area contributed by atoms with Crippen molar-refractivity contribution in [2.24, 2.45) is 11.8 Å². The molecule has 2 amide bonds. The average Bonchev–Trinajstić information content (AvgIpc) is 3.17. The van der Waals surface area contributed by atoms with Crippen LogP contribution in [0, 0.1) is 11.8 Å². The Hall–Kier alpha value is -2.77. The zero-order valence-corrected chi connectivity index (χ0v) is 17.0. The first kappa shape index (κ1) is 21.0. The first-order chi connectivity index (χ1) is 13.8. The maximum absolute atomic E-state index is 12.4. The second-order valence-corrected chi connectivity index (χ2v) is 7.77. The molecule has 1 fully saturated rings. The fraction of sp³-hybridized carbons (Fsp3) is 0.571. The molecule has 0 radical (unpaired) electrons. The normalized spacial score (nSPS) is 23.8. The number of fused-ring (bicyclic) bond motifs is 1. The van der Waals surface area contributed by atoms with Gasteiger partial charge in [0.15, 0.2) is 17.6 Å². The largest absolute Gasteiger partial charge is 0.454 e. The molecule has 158 valence electrons. The average molecular weight is 404 g/mol. The fourth-order valence-corrected chi connectivity index (χ4v) is 3.67. The van der Waals surface area contributed by atoms with Gasteiger partial charge in [0.05, 0.1) is 0 Å². The second kappa shape index (κ2) is 9.15. The van der Waals surface area contributed by atoms with E-state index in [1.54, 1.807) is 18.2 Å². The molecule has 8 heteroatoms. The van der Waals surface area contributed by atoms with Gasteiger partial charge in [-0.05, 0) is 43.4 Å². The number of benzene rings is 1. The van der Waals surface area contributed by atoms with Gasteiger partial charge < -0.3 is 24.8 Å². The summed E-state index contributed by atoms with van der Waals surface area (Å²) in [6.45, 7) is 5.64. The Balaban J connectivity index is 1.43. The van der Waals surface area contributed by atoms with E-state index in [-0.39, 0.29) is 25.3 Å². The highest BCUT2D eigenvalue weighted by molar-refractivity contribution is 5.96. The molecule has 29 heavy (non-hydrogen) atoms. The quantitative estimate of drug-likeness (QED) is 0.703. The van der Waals surface area contributed by atoms with E-state index in [0.717, 1.165) is 12.8 Å².